The number of hydrogen-bond donors (Lipinski definition) is 1. The van der Waals surface area contributed by atoms with Gasteiger partial charge in [0.2, 0.25) is 0 Å². The third kappa shape index (κ3) is 6.77. The fraction of sp³-hybridized carbons (Fsp3) is 0.571. The normalized spacial score (nSPS) is 13.6. The molecule has 20 heavy (non-hydrogen) atoms. The van der Waals surface area contributed by atoms with E-state index in [4.69, 9.17) is 0 Å². The first-order valence-electron chi connectivity index (χ1n) is 6.48. The fourth-order valence-electron chi connectivity index (χ4n) is 2.12. The summed E-state index contributed by atoms with van der Waals surface area (Å²) in [6.07, 6.45) is -4.64. The maximum Gasteiger partial charge on any atom is 0.573 e. The van der Waals surface area contributed by atoms with Gasteiger partial charge in [0.25, 0.3) is 0 Å². The van der Waals surface area contributed by atoms with Gasteiger partial charge in [0.05, 0.1) is 0 Å². The van der Waals surface area contributed by atoms with Crippen molar-refractivity contribution in [1.82, 2.24) is 10.2 Å². The summed E-state index contributed by atoms with van der Waals surface area (Å²) in [4.78, 5) is 2.14. The molecule has 3 nitrogen and oxygen atoms in total. The molecule has 0 saturated carbocycles. The quantitative estimate of drug-likeness (QED) is 0.835. The maximum atomic E-state index is 12.0. The third-order valence-corrected chi connectivity index (χ3v) is 2.79. The molecule has 0 aliphatic heterocycles. The van der Waals surface area contributed by atoms with Gasteiger partial charge in [-0.05, 0) is 44.3 Å². The second-order valence-corrected chi connectivity index (χ2v) is 5.05. The standard InChI is InChI=1S/C14H21F3N2O/c1-11(8-18-2)9-19(3)10-12-4-6-13(7-5-12)20-14(15,16)17/h4-7,11,18H,8-10H2,1-3H3. The van der Waals surface area contributed by atoms with Gasteiger partial charge < -0.3 is 15.0 Å². The minimum Gasteiger partial charge on any atom is -0.406 e. The summed E-state index contributed by atoms with van der Waals surface area (Å²) < 4.78 is 39.9. The van der Waals surface area contributed by atoms with Crippen LogP contribution in [0.25, 0.3) is 0 Å². The van der Waals surface area contributed by atoms with Crippen LogP contribution in [0.2, 0.25) is 0 Å². The molecular weight excluding hydrogens is 269 g/mol. The Morgan fingerprint density at radius 2 is 1.85 bits per heavy atom. The molecule has 0 bridgehead atoms. The van der Waals surface area contributed by atoms with Gasteiger partial charge in [0, 0.05) is 13.1 Å². The molecule has 0 fully saturated rings. The number of halogens is 3. The first-order valence-corrected chi connectivity index (χ1v) is 6.48. The summed E-state index contributed by atoms with van der Waals surface area (Å²) in [6, 6.07) is 5.99. The monoisotopic (exact) mass is 290 g/mol. The van der Waals surface area contributed by atoms with E-state index in [0.717, 1.165) is 18.7 Å². The van der Waals surface area contributed by atoms with Crippen molar-refractivity contribution in [2.24, 2.45) is 5.92 Å². The minimum absolute atomic E-state index is 0.188. The van der Waals surface area contributed by atoms with E-state index in [2.05, 4.69) is 21.9 Å². The number of benzene rings is 1. The number of alkyl halides is 3. The van der Waals surface area contributed by atoms with Gasteiger partial charge in [0.15, 0.2) is 0 Å². The second-order valence-electron chi connectivity index (χ2n) is 5.05. The molecule has 1 aromatic rings. The molecule has 0 aliphatic carbocycles. The van der Waals surface area contributed by atoms with Crippen molar-refractivity contribution in [2.45, 2.75) is 19.8 Å². The van der Waals surface area contributed by atoms with Crippen molar-refractivity contribution in [3.05, 3.63) is 29.8 Å². The summed E-state index contributed by atoms with van der Waals surface area (Å²) in [5.74, 6) is 0.324. The molecule has 1 unspecified atom stereocenters. The van der Waals surface area contributed by atoms with E-state index in [1.165, 1.54) is 12.1 Å². The molecular formula is C14H21F3N2O. The number of hydrogen-bond acceptors (Lipinski definition) is 3. The zero-order chi connectivity index (χ0) is 15.2. The fourth-order valence-corrected chi connectivity index (χ4v) is 2.12. The number of nitrogens with one attached hydrogen (secondary N) is 1. The lowest BCUT2D eigenvalue weighted by molar-refractivity contribution is -0.274. The third-order valence-electron chi connectivity index (χ3n) is 2.79. The highest BCUT2D eigenvalue weighted by Gasteiger charge is 2.30. The Bertz CT molecular complexity index is 392. The van der Waals surface area contributed by atoms with Crippen LogP contribution < -0.4 is 10.1 Å². The zero-order valence-corrected chi connectivity index (χ0v) is 12.0. The summed E-state index contributed by atoms with van der Waals surface area (Å²) in [7, 11) is 3.90. The van der Waals surface area contributed by atoms with Gasteiger partial charge >= 0.3 is 6.36 Å². The molecule has 1 atom stereocenters. The molecule has 0 amide bonds. The van der Waals surface area contributed by atoms with Gasteiger partial charge in [-0.3, -0.25) is 0 Å². The van der Waals surface area contributed by atoms with Crippen LogP contribution in [0.5, 0.6) is 5.75 Å². The molecule has 0 radical (unpaired) electrons. The molecule has 0 spiro atoms. The van der Waals surface area contributed by atoms with Crippen LogP contribution >= 0.6 is 0 Å². The van der Waals surface area contributed by atoms with Crippen molar-refractivity contribution in [3.63, 3.8) is 0 Å². The molecule has 0 heterocycles. The van der Waals surface area contributed by atoms with E-state index in [0.29, 0.717) is 12.5 Å². The lowest BCUT2D eigenvalue weighted by Gasteiger charge is -2.21. The lowest BCUT2D eigenvalue weighted by Crippen LogP contribution is -2.29. The van der Waals surface area contributed by atoms with Crippen LogP contribution in [0.15, 0.2) is 24.3 Å². The van der Waals surface area contributed by atoms with Gasteiger partial charge in [-0.15, -0.1) is 13.2 Å². The van der Waals surface area contributed by atoms with Crippen molar-refractivity contribution in [3.8, 4) is 5.75 Å². The summed E-state index contributed by atoms with van der Waals surface area (Å²) in [5, 5.41) is 3.12. The van der Waals surface area contributed by atoms with Crippen LogP contribution in [0.4, 0.5) is 13.2 Å². The smallest absolute Gasteiger partial charge is 0.406 e. The Balaban J connectivity index is 2.48. The van der Waals surface area contributed by atoms with Crippen molar-refractivity contribution >= 4 is 0 Å². The summed E-state index contributed by atoms with van der Waals surface area (Å²) in [6.45, 7) is 4.69. The van der Waals surface area contributed by atoms with E-state index in [-0.39, 0.29) is 5.75 Å². The minimum atomic E-state index is -4.64. The molecule has 1 rings (SSSR count). The Hall–Kier alpha value is -1.27. The van der Waals surface area contributed by atoms with Gasteiger partial charge in [-0.1, -0.05) is 19.1 Å². The van der Waals surface area contributed by atoms with Gasteiger partial charge in [0.1, 0.15) is 5.75 Å². The van der Waals surface area contributed by atoms with Gasteiger partial charge in [-0.2, -0.15) is 0 Å². The van der Waals surface area contributed by atoms with Crippen LogP contribution in [0.1, 0.15) is 12.5 Å². The number of nitrogens with zero attached hydrogens (tertiary/aromatic N) is 1. The Morgan fingerprint density at radius 3 is 2.35 bits per heavy atom. The maximum absolute atomic E-state index is 12.0. The molecule has 0 saturated heterocycles. The number of rotatable bonds is 7. The predicted octanol–water partition coefficient (Wildman–Crippen LogP) is 2.87. The van der Waals surface area contributed by atoms with E-state index < -0.39 is 6.36 Å². The molecule has 0 aromatic heterocycles. The van der Waals surface area contributed by atoms with Crippen LogP contribution in [0, 0.1) is 5.92 Å². The second kappa shape index (κ2) is 7.50. The molecule has 1 N–H and O–H groups in total. The first kappa shape index (κ1) is 16.8. The van der Waals surface area contributed by atoms with Crippen molar-refractivity contribution in [1.29, 1.82) is 0 Å². The Kier molecular flexibility index (Phi) is 6.29. The Morgan fingerprint density at radius 1 is 1.25 bits per heavy atom. The number of ether oxygens (including phenoxy) is 1. The highest BCUT2D eigenvalue weighted by molar-refractivity contribution is 5.27. The van der Waals surface area contributed by atoms with Crippen LogP contribution in [-0.2, 0) is 6.54 Å². The molecule has 114 valence electrons. The highest BCUT2D eigenvalue weighted by atomic mass is 19.4. The van der Waals surface area contributed by atoms with E-state index >= 15 is 0 Å². The van der Waals surface area contributed by atoms with E-state index in [1.807, 2.05) is 14.1 Å². The zero-order valence-electron chi connectivity index (χ0n) is 12.0. The summed E-state index contributed by atoms with van der Waals surface area (Å²) in [5.41, 5.74) is 0.957. The van der Waals surface area contributed by atoms with Gasteiger partial charge in [-0.25, -0.2) is 0 Å². The summed E-state index contributed by atoms with van der Waals surface area (Å²) >= 11 is 0. The topological polar surface area (TPSA) is 24.5 Å². The van der Waals surface area contributed by atoms with E-state index in [1.54, 1.807) is 12.1 Å². The molecule has 1 aromatic carbocycles. The average molecular weight is 290 g/mol. The SMILES string of the molecule is CNCC(C)CN(C)Cc1ccc(OC(F)(F)F)cc1. The average Bonchev–Trinajstić information content (AvgIpc) is 2.30. The lowest BCUT2D eigenvalue weighted by atomic mass is 10.1. The van der Waals surface area contributed by atoms with Crippen molar-refractivity contribution in [2.75, 3.05) is 27.2 Å². The van der Waals surface area contributed by atoms with Crippen molar-refractivity contribution < 1.29 is 17.9 Å². The first-order chi connectivity index (χ1) is 9.30. The highest BCUT2D eigenvalue weighted by Crippen LogP contribution is 2.23. The predicted molar refractivity (Wildman–Crippen MR) is 72.5 cm³/mol. The van der Waals surface area contributed by atoms with Crippen LogP contribution in [0.3, 0.4) is 0 Å². The molecule has 6 heteroatoms. The molecule has 0 aliphatic rings. The van der Waals surface area contributed by atoms with E-state index in [9.17, 15) is 13.2 Å². The van der Waals surface area contributed by atoms with Crippen LogP contribution in [-0.4, -0.2) is 38.4 Å². The largest absolute Gasteiger partial charge is 0.573 e. The Labute approximate surface area is 117 Å².